The summed E-state index contributed by atoms with van der Waals surface area (Å²) < 4.78 is 21.2. The summed E-state index contributed by atoms with van der Waals surface area (Å²) in [5.41, 5.74) is 2.17. The molecule has 0 spiro atoms. The van der Waals surface area contributed by atoms with Gasteiger partial charge in [0.2, 0.25) is 0 Å². The average Bonchev–Trinajstić information content (AvgIpc) is 3.53. The molecule has 33 heavy (non-hydrogen) atoms. The van der Waals surface area contributed by atoms with Gasteiger partial charge in [-0.2, -0.15) is 17.7 Å². The van der Waals surface area contributed by atoms with E-state index < -0.39 is 6.04 Å². The third-order valence-electron chi connectivity index (χ3n) is 5.91. The molecule has 2 aromatic rings. The molecule has 0 N–H and O–H groups in total. The second kappa shape index (κ2) is 11.3. The number of Topliss-reactive ketones (excluding diaryl/α,β-unsaturated/α-hetero) is 1. The summed E-state index contributed by atoms with van der Waals surface area (Å²) in [6, 6.07) is 7.80. The highest BCUT2D eigenvalue weighted by atomic mass is 35.5. The fourth-order valence-corrected chi connectivity index (χ4v) is 4.42. The van der Waals surface area contributed by atoms with Gasteiger partial charge in [-0.25, -0.2) is 4.39 Å². The first-order valence-corrected chi connectivity index (χ1v) is 11.6. The molecule has 0 radical (unpaired) electrons. The number of benzene rings is 1. The highest BCUT2D eigenvalue weighted by molar-refractivity contribution is 7.81. The van der Waals surface area contributed by atoms with Crippen LogP contribution in [0.1, 0.15) is 43.5 Å². The monoisotopic (exact) mass is 493 g/mol. The molecular weight excluding hydrogens is 465 g/mol. The van der Waals surface area contributed by atoms with Crippen molar-refractivity contribution in [3.63, 3.8) is 0 Å². The van der Waals surface area contributed by atoms with Gasteiger partial charge in [0.1, 0.15) is 12.4 Å². The topological polar surface area (TPSA) is 64.4 Å². The molecule has 1 saturated heterocycles. The second-order valence-corrected chi connectivity index (χ2v) is 8.96. The maximum Gasteiger partial charge on any atom is 0.327 e. The minimum atomic E-state index is -0.589. The van der Waals surface area contributed by atoms with Gasteiger partial charge in [-0.1, -0.05) is 18.2 Å². The molecule has 1 aliphatic heterocycles. The van der Waals surface area contributed by atoms with Gasteiger partial charge in [-0.3, -0.25) is 19.2 Å². The van der Waals surface area contributed by atoms with Crippen molar-refractivity contribution < 1.29 is 18.7 Å². The normalized spacial score (nSPS) is 20.8. The third-order valence-corrected chi connectivity index (χ3v) is 6.50. The Labute approximate surface area is 205 Å². The molecule has 6 nitrogen and oxygen atoms in total. The molecule has 0 bridgehead atoms. The number of piperidine rings is 1. The molecule has 2 unspecified atom stereocenters. The summed E-state index contributed by atoms with van der Waals surface area (Å²) in [6.45, 7) is 3.33. The summed E-state index contributed by atoms with van der Waals surface area (Å²) >= 11 is 4.74. The van der Waals surface area contributed by atoms with Gasteiger partial charge in [0, 0.05) is 36.0 Å². The van der Waals surface area contributed by atoms with Crippen molar-refractivity contribution >= 4 is 42.9 Å². The first kappa shape index (κ1) is 25.5. The van der Waals surface area contributed by atoms with E-state index in [0.29, 0.717) is 31.0 Å². The number of carbonyl (C=O) groups excluding carboxylic acids is 2. The Morgan fingerprint density at radius 3 is 2.73 bits per heavy atom. The van der Waals surface area contributed by atoms with E-state index in [1.54, 1.807) is 31.3 Å². The van der Waals surface area contributed by atoms with E-state index in [0.717, 1.165) is 24.8 Å². The molecule has 1 aromatic heterocycles. The second-order valence-electron chi connectivity index (χ2n) is 8.34. The molecule has 1 saturated carbocycles. The summed E-state index contributed by atoms with van der Waals surface area (Å²) in [6.07, 6.45) is 6.20. The van der Waals surface area contributed by atoms with Gasteiger partial charge in [-0.15, -0.1) is 12.4 Å². The van der Waals surface area contributed by atoms with Crippen LogP contribution in [-0.2, 0) is 20.9 Å². The SMILES string of the molecule is CCOC(=O)Cn1ccc(/C=C2\CN(C(C(=O)C3CC3)c3ccccc3F)CCC2S)n1.Cl. The lowest BCUT2D eigenvalue weighted by molar-refractivity contribution is -0.144. The number of aromatic nitrogens is 2. The van der Waals surface area contributed by atoms with Crippen molar-refractivity contribution in [3.8, 4) is 0 Å². The number of ether oxygens (including phenoxy) is 1. The Kier molecular flexibility index (Phi) is 8.73. The summed E-state index contributed by atoms with van der Waals surface area (Å²) in [5, 5.41) is 4.46. The number of likely N-dealkylation sites (tertiary alicyclic amines) is 1. The number of carbonyl (C=O) groups is 2. The smallest absolute Gasteiger partial charge is 0.327 e. The Morgan fingerprint density at radius 2 is 2.03 bits per heavy atom. The van der Waals surface area contributed by atoms with E-state index >= 15 is 0 Å². The maximum absolute atomic E-state index is 14.7. The van der Waals surface area contributed by atoms with Crippen molar-refractivity contribution in [2.75, 3.05) is 19.7 Å². The molecule has 0 amide bonds. The molecule has 1 aromatic carbocycles. The van der Waals surface area contributed by atoms with Gasteiger partial charge in [0.05, 0.1) is 18.3 Å². The molecule has 9 heteroatoms. The van der Waals surface area contributed by atoms with Crippen LogP contribution < -0.4 is 0 Å². The van der Waals surface area contributed by atoms with Gasteiger partial charge < -0.3 is 4.74 Å². The predicted molar refractivity (Wildman–Crippen MR) is 130 cm³/mol. The van der Waals surface area contributed by atoms with E-state index in [-0.39, 0.29) is 47.7 Å². The van der Waals surface area contributed by atoms with Gasteiger partial charge in [-0.05, 0) is 50.0 Å². The largest absolute Gasteiger partial charge is 0.465 e. The molecule has 1 aliphatic carbocycles. The van der Waals surface area contributed by atoms with Crippen LogP contribution in [0, 0.1) is 11.7 Å². The van der Waals surface area contributed by atoms with E-state index in [1.807, 2.05) is 12.1 Å². The fourth-order valence-electron chi connectivity index (χ4n) is 4.14. The molecule has 2 atom stereocenters. The maximum atomic E-state index is 14.7. The van der Waals surface area contributed by atoms with Crippen molar-refractivity contribution in [3.05, 3.63) is 59.2 Å². The van der Waals surface area contributed by atoms with E-state index in [2.05, 4.69) is 10.00 Å². The number of halogens is 2. The van der Waals surface area contributed by atoms with Crippen LogP contribution in [0.25, 0.3) is 6.08 Å². The van der Waals surface area contributed by atoms with Gasteiger partial charge >= 0.3 is 5.97 Å². The average molecular weight is 494 g/mol. The number of nitrogens with zero attached hydrogens (tertiary/aromatic N) is 3. The van der Waals surface area contributed by atoms with Crippen molar-refractivity contribution in [2.24, 2.45) is 5.92 Å². The fraction of sp³-hybridized carbons (Fsp3) is 0.458. The zero-order chi connectivity index (χ0) is 22.7. The Bertz CT molecular complexity index is 1020. The lowest BCUT2D eigenvalue weighted by Gasteiger charge is -2.37. The summed E-state index contributed by atoms with van der Waals surface area (Å²) in [4.78, 5) is 26.9. The molecule has 178 valence electrons. The van der Waals surface area contributed by atoms with Crippen LogP contribution in [0.2, 0.25) is 0 Å². The van der Waals surface area contributed by atoms with Crippen LogP contribution in [0.4, 0.5) is 4.39 Å². The summed E-state index contributed by atoms with van der Waals surface area (Å²) in [5.74, 6) is -0.551. The van der Waals surface area contributed by atoms with Crippen LogP contribution in [0.15, 0.2) is 42.1 Å². The molecule has 4 rings (SSSR count). The van der Waals surface area contributed by atoms with E-state index in [1.165, 1.54) is 10.7 Å². The Balaban J connectivity index is 0.00000306. The van der Waals surface area contributed by atoms with Crippen molar-refractivity contribution in [1.82, 2.24) is 14.7 Å². The Hall–Kier alpha value is -2.16. The van der Waals surface area contributed by atoms with Gasteiger partial charge in [0.25, 0.3) is 0 Å². The standard InChI is InChI=1S/C24H28FN3O3S.ClH/c1-2-31-22(29)15-28-12-9-18(26-28)13-17-14-27(11-10-21(17)32)23(24(30)16-7-8-16)19-5-3-4-6-20(19)25;/h3-6,9,12-13,16,21,23,32H,2,7-8,10-11,14-15H2,1H3;1H/b17-13+;. The first-order valence-electron chi connectivity index (χ1n) is 11.1. The third kappa shape index (κ3) is 6.25. The number of hydrogen-bond donors (Lipinski definition) is 1. The number of ketones is 1. The van der Waals surface area contributed by atoms with Crippen LogP contribution >= 0.6 is 25.0 Å². The van der Waals surface area contributed by atoms with E-state index in [9.17, 15) is 14.0 Å². The number of hydrogen-bond acceptors (Lipinski definition) is 6. The van der Waals surface area contributed by atoms with Crippen molar-refractivity contribution in [2.45, 2.75) is 44.0 Å². The molecule has 2 fully saturated rings. The number of rotatable bonds is 8. The Morgan fingerprint density at radius 1 is 1.27 bits per heavy atom. The van der Waals surface area contributed by atoms with Gasteiger partial charge in [0.15, 0.2) is 5.78 Å². The quantitative estimate of drug-likeness (QED) is 0.443. The minimum absolute atomic E-state index is 0. The van der Waals surface area contributed by atoms with Crippen LogP contribution in [0.5, 0.6) is 0 Å². The molecular formula is C24H29ClFN3O3S. The number of esters is 1. The van der Waals surface area contributed by atoms with Crippen LogP contribution in [0.3, 0.4) is 0 Å². The predicted octanol–water partition coefficient (Wildman–Crippen LogP) is 4.12. The highest BCUT2D eigenvalue weighted by Gasteiger charge is 2.40. The number of thiol groups is 1. The highest BCUT2D eigenvalue weighted by Crippen LogP contribution is 2.39. The van der Waals surface area contributed by atoms with Crippen LogP contribution in [-0.4, -0.2) is 51.4 Å². The molecule has 2 heterocycles. The minimum Gasteiger partial charge on any atom is -0.465 e. The zero-order valence-corrected chi connectivity index (χ0v) is 20.2. The lowest BCUT2D eigenvalue weighted by Crippen LogP contribution is -2.42. The van der Waals surface area contributed by atoms with Crippen molar-refractivity contribution in [1.29, 1.82) is 0 Å². The summed E-state index contributed by atoms with van der Waals surface area (Å²) in [7, 11) is 0. The zero-order valence-electron chi connectivity index (χ0n) is 18.5. The molecule has 2 aliphatic rings. The van der Waals surface area contributed by atoms with E-state index in [4.69, 9.17) is 17.4 Å². The first-order chi connectivity index (χ1) is 15.5. The lowest BCUT2D eigenvalue weighted by atomic mass is 9.93.